The average molecular weight is 718 g/mol. The second-order valence-corrected chi connectivity index (χ2v) is 12.6. The van der Waals surface area contributed by atoms with Crippen LogP contribution >= 0.6 is 0 Å². The van der Waals surface area contributed by atoms with Gasteiger partial charge in [0.2, 0.25) is 6.41 Å². The van der Waals surface area contributed by atoms with E-state index >= 15 is 0 Å². The molecule has 2 unspecified atom stereocenters. The van der Waals surface area contributed by atoms with Crippen molar-refractivity contribution in [3.63, 3.8) is 0 Å². The third kappa shape index (κ3) is 9.30. The number of carbonyl (C=O) groups excluding carboxylic acids is 3. The zero-order chi connectivity index (χ0) is 37.5. The van der Waals surface area contributed by atoms with Gasteiger partial charge < -0.3 is 44.5 Å². The van der Waals surface area contributed by atoms with Crippen molar-refractivity contribution in [3.05, 3.63) is 98.7 Å². The number of aromatic nitrogens is 1. The maximum atomic E-state index is 14.1. The summed E-state index contributed by atoms with van der Waals surface area (Å²) in [5.41, 5.74) is 8.32. The topological polar surface area (TPSA) is 217 Å². The molecule has 0 aliphatic heterocycles. The van der Waals surface area contributed by atoms with Crippen LogP contribution < -0.4 is 32.2 Å². The van der Waals surface area contributed by atoms with Crippen LogP contribution in [0.15, 0.2) is 62.2 Å². The number of benzene rings is 2. The normalized spacial score (nSPS) is 13.8. The van der Waals surface area contributed by atoms with E-state index in [1.54, 1.807) is 43.3 Å². The van der Waals surface area contributed by atoms with Crippen molar-refractivity contribution in [2.45, 2.75) is 65.6 Å². The lowest BCUT2D eigenvalue weighted by molar-refractivity contribution is -0.122. The van der Waals surface area contributed by atoms with Crippen LogP contribution in [0.1, 0.15) is 99.7 Å². The van der Waals surface area contributed by atoms with Crippen molar-refractivity contribution in [2.24, 2.45) is 11.7 Å². The first kappa shape index (κ1) is 37.9. The molecule has 0 bridgehead atoms. The predicted molar refractivity (Wildman–Crippen MR) is 189 cm³/mol. The van der Waals surface area contributed by atoms with Gasteiger partial charge in [-0.2, -0.15) is 0 Å². The van der Waals surface area contributed by atoms with E-state index in [9.17, 15) is 24.3 Å². The number of esters is 1. The van der Waals surface area contributed by atoms with Crippen LogP contribution in [0.4, 0.5) is 5.69 Å². The highest BCUT2D eigenvalue weighted by Crippen LogP contribution is 2.37. The van der Waals surface area contributed by atoms with Crippen molar-refractivity contribution in [2.75, 3.05) is 25.6 Å². The molecule has 2 atom stereocenters. The Morgan fingerprint density at radius 1 is 1.04 bits per heavy atom. The van der Waals surface area contributed by atoms with Gasteiger partial charge in [0.25, 0.3) is 11.8 Å². The maximum Gasteiger partial charge on any atom is 0.519 e. The molecule has 2 aromatic carbocycles. The van der Waals surface area contributed by atoms with Gasteiger partial charge in [-0.1, -0.05) is 26.0 Å². The number of nitrogens with one attached hydrogen (secondary N) is 3. The minimum atomic E-state index is -1.25. The lowest BCUT2D eigenvalue weighted by atomic mass is 9.91. The van der Waals surface area contributed by atoms with Gasteiger partial charge in [0.05, 0.1) is 13.3 Å². The third-order valence-corrected chi connectivity index (χ3v) is 8.44. The summed E-state index contributed by atoms with van der Waals surface area (Å²) < 4.78 is 26.1. The molecular formula is C37H43N5O10. The van der Waals surface area contributed by atoms with Gasteiger partial charge in [-0.15, -0.1) is 0 Å². The minimum Gasteiger partial charge on any atom is -0.496 e. The molecule has 15 nitrogen and oxygen atoms in total. The standard InChI is InChI=1S/C37H43N5O10/c1-6-49-36(46)42-32(38)22-9-11-23(12-10-22)40-33(43)27-15-25(19(2)3)29(48-5)16-26(27)24-13-14-28(34(44)39-17-21-7-8-21)41-31(24)35(45)50-18-30-20(4)51-37(47)52-30/h9-16,19,21,32,36,42,46H,6-8,17-18,38H2,1-5H3,(H,39,44)(H,40,43). The summed E-state index contributed by atoms with van der Waals surface area (Å²) in [5.74, 6) is -1.90. The zero-order valence-corrected chi connectivity index (χ0v) is 29.6. The first-order valence-electron chi connectivity index (χ1n) is 16.9. The first-order chi connectivity index (χ1) is 24.9. The van der Waals surface area contributed by atoms with Crippen LogP contribution in [0.2, 0.25) is 0 Å². The lowest BCUT2D eigenvalue weighted by Crippen LogP contribution is -2.39. The monoisotopic (exact) mass is 717 g/mol. The van der Waals surface area contributed by atoms with Gasteiger partial charge in [0, 0.05) is 35.5 Å². The van der Waals surface area contributed by atoms with Crippen LogP contribution in [0.3, 0.4) is 0 Å². The number of methoxy groups -OCH3 is 1. The number of carbonyl (C=O) groups is 3. The summed E-state index contributed by atoms with van der Waals surface area (Å²) in [6, 6.07) is 13.0. The summed E-state index contributed by atoms with van der Waals surface area (Å²) in [7, 11) is 1.50. The van der Waals surface area contributed by atoms with E-state index in [0.717, 1.165) is 18.4 Å². The molecule has 2 heterocycles. The van der Waals surface area contributed by atoms with E-state index in [1.807, 2.05) is 13.8 Å². The molecular weight excluding hydrogens is 674 g/mol. The molecule has 1 aliphatic carbocycles. The van der Waals surface area contributed by atoms with E-state index in [1.165, 1.54) is 26.2 Å². The van der Waals surface area contributed by atoms with E-state index in [0.29, 0.717) is 36.1 Å². The highest BCUT2D eigenvalue weighted by molar-refractivity contribution is 6.11. The van der Waals surface area contributed by atoms with Gasteiger partial charge in [0.1, 0.15) is 11.4 Å². The van der Waals surface area contributed by atoms with E-state index in [4.69, 9.17) is 28.8 Å². The SMILES string of the molecule is CCOC(O)NC(N)c1ccc(NC(=O)c2cc(C(C)C)c(OC)cc2-c2ccc(C(=O)NCC3CC3)nc2C(=O)OCc2oc(=O)oc2C)cc1. The van der Waals surface area contributed by atoms with Crippen molar-refractivity contribution < 1.29 is 42.5 Å². The van der Waals surface area contributed by atoms with Gasteiger partial charge >= 0.3 is 11.8 Å². The molecule has 1 saturated carbocycles. The highest BCUT2D eigenvalue weighted by Gasteiger charge is 2.27. The number of nitrogens with two attached hydrogens (primary N) is 1. The summed E-state index contributed by atoms with van der Waals surface area (Å²) >= 11 is 0. The molecule has 52 heavy (non-hydrogen) atoms. The fourth-order valence-corrected chi connectivity index (χ4v) is 5.38. The van der Waals surface area contributed by atoms with E-state index < -0.39 is 42.8 Å². The molecule has 2 aromatic heterocycles. The molecule has 4 aromatic rings. The smallest absolute Gasteiger partial charge is 0.496 e. The molecule has 1 aliphatic rings. The Bertz CT molecular complexity index is 1970. The van der Waals surface area contributed by atoms with Crippen LogP contribution in [0, 0.1) is 12.8 Å². The summed E-state index contributed by atoms with van der Waals surface area (Å²) in [6.07, 6.45) is 0.0630. The number of aryl methyl sites for hydroxylation is 1. The molecule has 1 fully saturated rings. The fraction of sp³-hybridized carbons (Fsp3) is 0.378. The fourth-order valence-electron chi connectivity index (χ4n) is 5.38. The quantitative estimate of drug-likeness (QED) is 0.0806. The highest BCUT2D eigenvalue weighted by atomic mass is 16.6. The average Bonchev–Trinajstić information content (AvgIpc) is 3.90. The maximum absolute atomic E-state index is 14.1. The molecule has 5 rings (SSSR count). The molecule has 6 N–H and O–H groups in total. The van der Waals surface area contributed by atoms with Crippen LogP contribution in [-0.4, -0.2) is 54.5 Å². The van der Waals surface area contributed by atoms with Crippen molar-refractivity contribution in [1.29, 1.82) is 0 Å². The Balaban J connectivity index is 1.52. The Morgan fingerprint density at radius 2 is 1.77 bits per heavy atom. The molecule has 0 saturated heterocycles. The zero-order valence-electron chi connectivity index (χ0n) is 29.6. The van der Waals surface area contributed by atoms with E-state index in [2.05, 4.69) is 20.9 Å². The Hall–Kier alpha value is -5.35. The number of nitrogens with zero attached hydrogens (tertiary/aromatic N) is 1. The lowest BCUT2D eigenvalue weighted by Gasteiger charge is -2.20. The molecule has 0 radical (unpaired) electrons. The van der Waals surface area contributed by atoms with Crippen LogP contribution in [0.5, 0.6) is 5.75 Å². The van der Waals surface area contributed by atoms with E-state index in [-0.39, 0.29) is 45.5 Å². The summed E-state index contributed by atoms with van der Waals surface area (Å²) in [4.78, 5) is 56.9. The molecule has 15 heteroatoms. The number of ether oxygens (including phenoxy) is 3. The van der Waals surface area contributed by atoms with Crippen molar-refractivity contribution in [3.8, 4) is 16.9 Å². The number of pyridine rings is 1. The number of anilines is 1. The van der Waals surface area contributed by atoms with Crippen LogP contribution in [0.25, 0.3) is 11.1 Å². The predicted octanol–water partition coefficient (Wildman–Crippen LogP) is 4.34. The number of amides is 2. The number of aliphatic hydroxyl groups is 1. The van der Waals surface area contributed by atoms with Crippen molar-refractivity contribution in [1.82, 2.24) is 15.6 Å². The number of hydrogen-bond donors (Lipinski definition) is 5. The Labute approximate surface area is 299 Å². The molecule has 2 amide bonds. The van der Waals surface area contributed by atoms with Gasteiger partial charge in [-0.25, -0.2) is 19.9 Å². The largest absolute Gasteiger partial charge is 0.519 e. The van der Waals surface area contributed by atoms with Crippen LogP contribution in [-0.2, 0) is 16.1 Å². The van der Waals surface area contributed by atoms with Gasteiger partial charge in [-0.3, -0.25) is 9.59 Å². The third-order valence-electron chi connectivity index (χ3n) is 8.44. The molecule has 276 valence electrons. The number of hydrogen-bond acceptors (Lipinski definition) is 13. The Morgan fingerprint density at radius 3 is 2.38 bits per heavy atom. The minimum absolute atomic E-state index is 0.00878. The summed E-state index contributed by atoms with van der Waals surface area (Å²) in [6.45, 7) is 7.46. The Kier molecular flexibility index (Phi) is 12.2. The van der Waals surface area contributed by atoms with Crippen molar-refractivity contribution >= 4 is 23.5 Å². The number of rotatable bonds is 16. The first-order valence-corrected chi connectivity index (χ1v) is 16.9. The second kappa shape index (κ2) is 16.8. The number of aliphatic hydroxyl groups excluding tert-OH is 1. The van der Waals surface area contributed by atoms with Gasteiger partial charge in [0.15, 0.2) is 23.8 Å². The summed E-state index contributed by atoms with van der Waals surface area (Å²) in [5, 5.41) is 18.3. The second-order valence-electron chi connectivity index (χ2n) is 12.6. The molecule has 0 spiro atoms. The van der Waals surface area contributed by atoms with Gasteiger partial charge in [-0.05, 0) is 86.1 Å².